The summed E-state index contributed by atoms with van der Waals surface area (Å²) in [5.74, 6) is -0.218. The fourth-order valence-corrected chi connectivity index (χ4v) is 4.59. The number of nitrogens with one attached hydrogen (secondary N) is 1. The Morgan fingerprint density at radius 1 is 0.906 bits per heavy atom. The Bertz CT molecular complexity index is 1070. The summed E-state index contributed by atoms with van der Waals surface area (Å²) in [6, 6.07) is 29.4. The van der Waals surface area contributed by atoms with Gasteiger partial charge in [0.05, 0.1) is 17.5 Å². The van der Waals surface area contributed by atoms with Crippen molar-refractivity contribution in [2.75, 3.05) is 6.54 Å². The first kappa shape index (κ1) is 21.8. The largest absolute Gasteiger partial charge is 0.355 e. The van der Waals surface area contributed by atoms with Crippen LogP contribution in [0, 0.1) is 0 Å². The zero-order chi connectivity index (χ0) is 22.2. The number of para-hydroxylation sites is 1. The van der Waals surface area contributed by atoms with E-state index in [0.29, 0.717) is 18.3 Å². The zero-order valence-electron chi connectivity index (χ0n) is 17.7. The monoisotopic (exact) mass is 443 g/mol. The molecule has 5 nitrogen and oxygen atoms in total. The van der Waals surface area contributed by atoms with Crippen LogP contribution in [0.5, 0.6) is 0 Å². The fourth-order valence-electron chi connectivity index (χ4n) is 3.46. The highest BCUT2D eigenvalue weighted by molar-refractivity contribution is 8.15. The minimum atomic E-state index is -0.493. The number of aliphatic imine (C=N–C) groups is 1. The van der Waals surface area contributed by atoms with E-state index in [1.807, 2.05) is 91.0 Å². The lowest BCUT2D eigenvalue weighted by Crippen LogP contribution is -2.46. The van der Waals surface area contributed by atoms with Crippen LogP contribution in [-0.2, 0) is 22.6 Å². The normalized spacial score (nSPS) is 17.4. The van der Waals surface area contributed by atoms with Gasteiger partial charge in [0.15, 0.2) is 5.17 Å². The van der Waals surface area contributed by atoms with Gasteiger partial charge in [-0.3, -0.25) is 14.5 Å². The second-order valence-electron chi connectivity index (χ2n) is 7.53. The van der Waals surface area contributed by atoms with Gasteiger partial charge in [0.1, 0.15) is 0 Å². The molecule has 0 spiro atoms. The Hall–Kier alpha value is -3.38. The average molecular weight is 444 g/mol. The molecule has 1 fully saturated rings. The van der Waals surface area contributed by atoms with Gasteiger partial charge >= 0.3 is 0 Å². The maximum Gasteiger partial charge on any atom is 0.234 e. The van der Waals surface area contributed by atoms with E-state index in [2.05, 4.69) is 5.32 Å². The third-order valence-electron chi connectivity index (χ3n) is 5.15. The van der Waals surface area contributed by atoms with Crippen molar-refractivity contribution in [3.05, 3.63) is 102 Å². The predicted octanol–water partition coefficient (Wildman–Crippen LogP) is 4.57. The summed E-state index contributed by atoms with van der Waals surface area (Å²) in [4.78, 5) is 32.3. The predicted molar refractivity (Wildman–Crippen MR) is 130 cm³/mol. The smallest absolute Gasteiger partial charge is 0.234 e. The van der Waals surface area contributed by atoms with E-state index in [1.54, 1.807) is 4.90 Å². The minimum Gasteiger partial charge on any atom is -0.355 e. The highest BCUT2D eigenvalue weighted by Crippen LogP contribution is 2.30. The molecule has 2 amide bonds. The summed E-state index contributed by atoms with van der Waals surface area (Å²) in [6.45, 7) is 0.966. The lowest BCUT2D eigenvalue weighted by Gasteiger charge is -2.32. The van der Waals surface area contributed by atoms with Crippen molar-refractivity contribution >= 4 is 34.4 Å². The lowest BCUT2D eigenvalue weighted by molar-refractivity contribution is -0.130. The molecule has 0 radical (unpaired) electrons. The van der Waals surface area contributed by atoms with Crippen LogP contribution in [0.25, 0.3) is 0 Å². The molecule has 4 rings (SSSR count). The topological polar surface area (TPSA) is 61.8 Å². The Kier molecular flexibility index (Phi) is 7.35. The SMILES string of the molecule is O=C(NCCc1ccccc1)C1CC(=O)N(Cc2ccccc2)C(=Nc2ccccc2)S1. The number of hydrogen-bond acceptors (Lipinski definition) is 4. The number of nitrogens with zero attached hydrogens (tertiary/aromatic N) is 2. The molecule has 3 aromatic carbocycles. The summed E-state index contributed by atoms with van der Waals surface area (Å²) in [6.07, 6.45) is 0.908. The first-order chi connectivity index (χ1) is 15.7. The van der Waals surface area contributed by atoms with Crippen LogP contribution in [0.2, 0.25) is 0 Å². The molecular formula is C26H25N3O2S. The van der Waals surface area contributed by atoms with Gasteiger partial charge in [0, 0.05) is 13.0 Å². The molecule has 1 aliphatic rings. The van der Waals surface area contributed by atoms with Crippen LogP contribution in [-0.4, -0.2) is 33.7 Å². The zero-order valence-corrected chi connectivity index (χ0v) is 18.5. The Morgan fingerprint density at radius 3 is 2.16 bits per heavy atom. The third kappa shape index (κ3) is 5.86. The standard InChI is InChI=1S/C26H25N3O2S/c30-24-18-23(25(31)27-17-16-20-10-4-1-5-11-20)32-26(28-22-14-8-3-9-15-22)29(24)19-21-12-6-2-7-13-21/h1-15,23H,16-19H2,(H,27,31). The van der Waals surface area contributed by atoms with E-state index in [0.717, 1.165) is 17.7 Å². The first-order valence-electron chi connectivity index (χ1n) is 10.7. The molecule has 1 atom stereocenters. The Balaban J connectivity index is 1.47. The Labute approximate surface area is 192 Å². The van der Waals surface area contributed by atoms with Crippen LogP contribution in [0.1, 0.15) is 17.5 Å². The number of hydrogen-bond donors (Lipinski definition) is 1. The van der Waals surface area contributed by atoms with Gasteiger partial charge in [-0.15, -0.1) is 0 Å². The maximum atomic E-state index is 13.1. The molecule has 0 aromatic heterocycles. The van der Waals surface area contributed by atoms with Gasteiger partial charge in [-0.25, -0.2) is 4.99 Å². The minimum absolute atomic E-state index is 0.0921. The van der Waals surface area contributed by atoms with E-state index < -0.39 is 5.25 Å². The van der Waals surface area contributed by atoms with Crippen molar-refractivity contribution in [2.24, 2.45) is 4.99 Å². The quantitative estimate of drug-likeness (QED) is 0.582. The summed E-state index contributed by atoms with van der Waals surface area (Å²) in [5.41, 5.74) is 2.94. The van der Waals surface area contributed by atoms with Crippen molar-refractivity contribution in [1.82, 2.24) is 10.2 Å². The maximum absolute atomic E-state index is 13.1. The molecule has 1 N–H and O–H groups in total. The summed E-state index contributed by atoms with van der Waals surface area (Å²) >= 11 is 1.35. The summed E-state index contributed by atoms with van der Waals surface area (Å²) < 4.78 is 0. The number of amidine groups is 1. The number of carbonyl (C=O) groups excluding carboxylic acids is 2. The molecule has 32 heavy (non-hydrogen) atoms. The van der Waals surface area contributed by atoms with E-state index >= 15 is 0 Å². The van der Waals surface area contributed by atoms with E-state index in [9.17, 15) is 9.59 Å². The number of benzene rings is 3. The lowest BCUT2D eigenvalue weighted by atomic mass is 10.1. The van der Waals surface area contributed by atoms with Crippen LogP contribution in [0.3, 0.4) is 0 Å². The molecule has 162 valence electrons. The first-order valence-corrected chi connectivity index (χ1v) is 11.5. The van der Waals surface area contributed by atoms with Gasteiger partial charge in [-0.05, 0) is 29.7 Å². The van der Waals surface area contributed by atoms with Crippen LogP contribution >= 0.6 is 11.8 Å². The van der Waals surface area contributed by atoms with Gasteiger partial charge in [-0.2, -0.15) is 0 Å². The van der Waals surface area contributed by atoms with Crippen LogP contribution in [0.4, 0.5) is 5.69 Å². The summed E-state index contributed by atoms with van der Waals surface area (Å²) in [5, 5.41) is 3.05. The molecule has 0 saturated carbocycles. The van der Waals surface area contributed by atoms with Crippen LogP contribution < -0.4 is 5.32 Å². The second-order valence-corrected chi connectivity index (χ2v) is 8.70. The van der Waals surface area contributed by atoms with Crippen LogP contribution in [0.15, 0.2) is 96.0 Å². The molecule has 1 aliphatic heterocycles. The highest BCUT2D eigenvalue weighted by Gasteiger charge is 2.35. The molecule has 0 aliphatic carbocycles. The highest BCUT2D eigenvalue weighted by atomic mass is 32.2. The van der Waals surface area contributed by atoms with E-state index in [-0.39, 0.29) is 18.2 Å². The molecule has 1 heterocycles. The number of carbonyl (C=O) groups is 2. The molecule has 1 saturated heterocycles. The third-order valence-corrected chi connectivity index (χ3v) is 6.34. The molecule has 6 heteroatoms. The number of amides is 2. The van der Waals surface area contributed by atoms with Crippen molar-refractivity contribution in [1.29, 1.82) is 0 Å². The van der Waals surface area contributed by atoms with Crippen molar-refractivity contribution < 1.29 is 9.59 Å². The van der Waals surface area contributed by atoms with Crippen molar-refractivity contribution in [3.63, 3.8) is 0 Å². The summed E-state index contributed by atoms with van der Waals surface area (Å²) in [7, 11) is 0. The van der Waals surface area contributed by atoms with E-state index in [4.69, 9.17) is 4.99 Å². The number of thioether (sulfide) groups is 1. The average Bonchev–Trinajstić information content (AvgIpc) is 2.83. The van der Waals surface area contributed by atoms with Gasteiger partial charge in [-0.1, -0.05) is 90.6 Å². The number of rotatable bonds is 7. The van der Waals surface area contributed by atoms with E-state index in [1.165, 1.54) is 17.3 Å². The van der Waals surface area contributed by atoms with Gasteiger partial charge in [0.2, 0.25) is 11.8 Å². The second kappa shape index (κ2) is 10.8. The molecule has 0 bridgehead atoms. The van der Waals surface area contributed by atoms with Gasteiger partial charge in [0.25, 0.3) is 0 Å². The molecule has 1 unspecified atom stereocenters. The van der Waals surface area contributed by atoms with Crippen molar-refractivity contribution in [2.45, 2.75) is 24.6 Å². The Morgan fingerprint density at radius 2 is 1.50 bits per heavy atom. The van der Waals surface area contributed by atoms with Gasteiger partial charge < -0.3 is 5.32 Å². The molecule has 3 aromatic rings. The van der Waals surface area contributed by atoms with Crippen molar-refractivity contribution in [3.8, 4) is 0 Å². The fraction of sp³-hybridized carbons (Fsp3) is 0.192. The molecular weight excluding hydrogens is 418 g/mol.